The quantitative estimate of drug-likeness (QED) is 0.690. The fraction of sp³-hybridized carbons (Fsp3) is 0.267. The van der Waals surface area contributed by atoms with Gasteiger partial charge in [0.1, 0.15) is 6.10 Å². The largest absolute Gasteiger partial charge is 0.376 e. The lowest BCUT2D eigenvalue weighted by molar-refractivity contribution is -0.389. The van der Waals surface area contributed by atoms with Gasteiger partial charge in [0.2, 0.25) is 0 Å². The molecule has 0 aliphatic carbocycles. The molecule has 0 amide bonds. The van der Waals surface area contributed by atoms with E-state index in [0.29, 0.717) is 6.61 Å². The molecule has 1 aromatic heterocycles. The number of rotatable bonds is 4. The predicted octanol–water partition coefficient (Wildman–Crippen LogP) is 2.93. The molecular formula is C15H15N3O3. The van der Waals surface area contributed by atoms with Gasteiger partial charge in [0.05, 0.1) is 11.7 Å². The molecule has 2 unspecified atom stereocenters. The molecule has 1 aliphatic heterocycles. The zero-order valence-electron chi connectivity index (χ0n) is 11.3. The number of anilines is 1. The van der Waals surface area contributed by atoms with Crippen LogP contribution in [0.15, 0.2) is 48.7 Å². The van der Waals surface area contributed by atoms with Gasteiger partial charge >= 0.3 is 5.82 Å². The average Bonchev–Trinajstić information content (AvgIpc) is 2.97. The Balaban J connectivity index is 1.73. The molecule has 2 heterocycles. The molecule has 108 valence electrons. The van der Waals surface area contributed by atoms with E-state index in [9.17, 15) is 10.1 Å². The van der Waals surface area contributed by atoms with Crippen LogP contribution in [0.2, 0.25) is 0 Å². The summed E-state index contributed by atoms with van der Waals surface area (Å²) in [5.41, 5.74) is 1.89. The van der Waals surface area contributed by atoms with Crippen LogP contribution in [0.1, 0.15) is 18.1 Å². The van der Waals surface area contributed by atoms with E-state index < -0.39 is 4.92 Å². The second kappa shape index (κ2) is 5.88. The van der Waals surface area contributed by atoms with Gasteiger partial charge in [-0.2, -0.15) is 0 Å². The van der Waals surface area contributed by atoms with Crippen LogP contribution in [0.5, 0.6) is 0 Å². The predicted molar refractivity (Wildman–Crippen MR) is 78.1 cm³/mol. The van der Waals surface area contributed by atoms with Gasteiger partial charge in [0, 0.05) is 12.7 Å². The maximum Gasteiger partial charge on any atom is 0.363 e. The Kier molecular flexibility index (Phi) is 3.79. The van der Waals surface area contributed by atoms with Crippen LogP contribution in [0.25, 0.3) is 0 Å². The zero-order chi connectivity index (χ0) is 14.7. The average molecular weight is 285 g/mol. The molecule has 1 saturated heterocycles. The fourth-order valence-electron chi connectivity index (χ4n) is 2.50. The molecule has 0 bridgehead atoms. The van der Waals surface area contributed by atoms with Crippen molar-refractivity contribution in [2.45, 2.75) is 18.6 Å². The van der Waals surface area contributed by atoms with E-state index in [0.717, 1.165) is 17.7 Å². The van der Waals surface area contributed by atoms with Crippen molar-refractivity contribution in [3.05, 3.63) is 64.3 Å². The second-order valence-electron chi connectivity index (χ2n) is 4.90. The molecule has 1 N–H and O–H groups in total. The summed E-state index contributed by atoms with van der Waals surface area (Å²) in [6.45, 7) is 0.692. The molecule has 0 radical (unpaired) electrons. The SMILES string of the molecule is O=[N+]([O-])c1ccc(NC2CCOC2c2ccccc2)cn1. The number of benzene rings is 1. The molecule has 2 aromatic rings. The van der Waals surface area contributed by atoms with Gasteiger partial charge in [-0.05, 0) is 28.0 Å². The van der Waals surface area contributed by atoms with E-state index in [4.69, 9.17) is 4.74 Å². The maximum atomic E-state index is 10.6. The Labute approximate surface area is 121 Å². The minimum atomic E-state index is -0.505. The summed E-state index contributed by atoms with van der Waals surface area (Å²) < 4.78 is 5.79. The van der Waals surface area contributed by atoms with Crippen LogP contribution in [0.3, 0.4) is 0 Å². The van der Waals surface area contributed by atoms with Crippen molar-refractivity contribution in [1.82, 2.24) is 4.98 Å². The van der Waals surface area contributed by atoms with Crippen molar-refractivity contribution in [1.29, 1.82) is 0 Å². The van der Waals surface area contributed by atoms with Gasteiger partial charge in [-0.1, -0.05) is 30.3 Å². The standard InChI is InChI=1S/C15H15N3O3/c19-18(20)14-7-6-12(10-16-14)17-13-8-9-21-15(13)11-4-2-1-3-5-11/h1-7,10,13,15,17H,8-9H2. The number of hydrogen-bond acceptors (Lipinski definition) is 5. The summed E-state index contributed by atoms with van der Waals surface area (Å²) in [5, 5.41) is 13.9. The Morgan fingerprint density at radius 2 is 2.05 bits per heavy atom. The summed E-state index contributed by atoms with van der Waals surface area (Å²) in [6.07, 6.45) is 2.36. The first-order valence-corrected chi connectivity index (χ1v) is 6.77. The van der Waals surface area contributed by atoms with E-state index >= 15 is 0 Å². The first-order chi connectivity index (χ1) is 10.2. The Morgan fingerprint density at radius 1 is 1.24 bits per heavy atom. The van der Waals surface area contributed by atoms with Gasteiger partial charge in [-0.25, -0.2) is 0 Å². The van der Waals surface area contributed by atoms with E-state index in [-0.39, 0.29) is 18.0 Å². The smallest absolute Gasteiger partial charge is 0.363 e. The lowest BCUT2D eigenvalue weighted by Gasteiger charge is -2.20. The van der Waals surface area contributed by atoms with Crippen molar-refractivity contribution >= 4 is 11.5 Å². The lowest BCUT2D eigenvalue weighted by Crippen LogP contribution is -2.23. The molecule has 2 atom stereocenters. The van der Waals surface area contributed by atoms with Crippen molar-refractivity contribution in [2.24, 2.45) is 0 Å². The van der Waals surface area contributed by atoms with E-state index in [2.05, 4.69) is 10.3 Å². The molecule has 6 nitrogen and oxygen atoms in total. The topological polar surface area (TPSA) is 77.3 Å². The van der Waals surface area contributed by atoms with Gasteiger partial charge in [0.15, 0.2) is 6.20 Å². The van der Waals surface area contributed by atoms with Crippen molar-refractivity contribution in [3.8, 4) is 0 Å². The number of nitrogens with zero attached hydrogens (tertiary/aromatic N) is 2. The van der Waals surface area contributed by atoms with Gasteiger partial charge in [-0.15, -0.1) is 0 Å². The summed E-state index contributed by atoms with van der Waals surface area (Å²) in [5.74, 6) is -0.150. The van der Waals surface area contributed by atoms with E-state index in [1.54, 1.807) is 6.07 Å². The highest BCUT2D eigenvalue weighted by molar-refractivity contribution is 5.45. The Bertz CT molecular complexity index is 616. The zero-order valence-corrected chi connectivity index (χ0v) is 11.3. The normalized spacial score (nSPS) is 21.1. The third-order valence-corrected chi connectivity index (χ3v) is 3.51. The van der Waals surface area contributed by atoms with Crippen LogP contribution in [0.4, 0.5) is 11.5 Å². The second-order valence-corrected chi connectivity index (χ2v) is 4.90. The van der Waals surface area contributed by atoms with Crippen molar-refractivity contribution in [2.75, 3.05) is 11.9 Å². The summed E-state index contributed by atoms with van der Waals surface area (Å²) in [4.78, 5) is 13.9. The molecule has 1 aromatic carbocycles. The third kappa shape index (κ3) is 3.00. The van der Waals surface area contributed by atoms with Crippen LogP contribution < -0.4 is 5.32 Å². The van der Waals surface area contributed by atoms with E-state index in [1.165, 1.54) is 12.3 Å². The first-order valence-electron chi connectivity index (χ1n) is 6.77. The van der Waals surface area contributed by atoms with Crippen LogP contribution in [-0.4, -0.2) is 22.6 Å². The minimum absolute atomic E-state index is 0.0126. The number of hydrogen-bond donors (Lipinski definition) is 1. The van der Waals surface area contributed by atoms with Crippen molar-refractivity contribution in [3.63, 3.8) is 0 Å². The Hall–Kier alpha value is -2.47. The molecule has 6 heteroatoms. The third-order valence-electron chi connectivity index (χ3n) is 3.51. The molecular weight excluding hydrogens is 270 g/mol. The number of pyridine rings is 1. The Morgan fingerprint density at radius 3 is 2.71 bits per heavy atom. The number of nitrogens with one attached hydrogen (secondary N) is 1. The molecule has 0 spiro atoms. The van der Waals surface area contributed by atoms with Crippen LogP contribution >= 0.6 is 0 Å². The highest BCUT2D eigenvalue weighted by atomic mass is 16.6. The molecule has 1 fully saturated rings. The fourth-order valence-corrected chi connectivity index (χ4v) is 2.50. The number of aromatic nitrogens is 1. The molecule has 1 aliphatic rings. The molecule has 3 rings (SSSR count). The number of nitro groups is 1. The van der Waals surface area contributed by atoms with E-state index in [1.807, 2.05) is 30.3 Å². The minimum Gasteiger partial charge on any atom is -0.376 e. The van der Waals surface area contributed by atoms with Crippen LogP contribution in [0, 0.1) is 10.1 Å². The van der Waals surface area contributed by atoms with Gasteiger partial charge in [-0.3, -0.25) is 0 Å². The summed E-state index contributed by atoms with van der Waals surface area (Å²) >= 11 is 0. The molecule has 21 heavy (non-hydrogen) atoms. The van der Waals surface area contributed by atoms with Gasteiger partial charge in [0.25, 0.3) is 0 Å². The highest BCUT2D eigenvalue weighted by Crippen LogP contribution is 2.31. The monoisotopic (exact) mass is 285 g/mol. The first kappa shape index (κ1) is 13.5. The van der Waals surface area contributed by atoms with Crippen molar-refractivity contribution < 1.29 is 9.66 Å². The summed E-state index contributed by atoms with van der Waals surface area (Å²) in [7, 11) is 0. The number of ether oxygens (including phenoxy) is 1. The van der Waals surface area contributed by atoms with Gasteiger partial charge < -0.3 is 20.2 Å². The molecule has 0 saturated carbocycles. The lowest BCUT2D eigenvalue weighted by atomic mass is 10.0. The van der Waals surface area contributed by atoms with Crippen LogP contribution in [-0.2, 0) is 4.74 Å². The maximum absolute atomic E-state index is 10.6. The highest BCUT2D eigenvalue weighted by Gasteiger charge is 2.29. The summed E-state index contributed by atoms with van der Waals surface area (Å²) in [6, 6.07) is 13.2.